The number of nitrogens with zero attached hydrogens (tertiary/aromatic N) is 1. The van der Waals surface area contributed by atoms with Gasteiger partial charge in [0.2, 0.25) is 6.08 Å². The van der Waals surface area contributed by atoms with Crippen molar-refractivity contribution in [3.05, 3.63) is 35.1 Å². The second kappa shape index (κ2) is 4.18. The molecular formula is C13H14FNO. The Bertz CT molecular complexity index is 443. The van der Waals surface area contributed by atoms with Gasteiger partial charge in [0.25, 0.3) is 0 Å². The number of halogens is 1. The first-order valence-corrected chi connectivity index (χ1v) is 5.54. The van der Waals surface area contributed by atoms with E-state index < -0.39 is 5.54 Å². The predicted molar refractivity (Wildman–Crippen MR) is 59.4 cm³/mol. The summed E-state index contributed by atoms with van der Waals surface area (Å²) in [5.74, 6) is -0.246. The molecule has 1 saturated carbocycles. The number of rotatable bonds is 2. The Balaban J connectivity index is 2.51. The summed E-state index contributed by atoms with van der Waals surface area (Å²) in [5.41, 5.74) is 1.38. The summed E-state index contributed by atoms with van der Waals surface area (Å²) in [7, 11) is 0. The molecule has 1 aliphatic rings. The molecule has 1 aliphatic carbocycles. The molecule has 0 saturated heterocycles. The van der Waals surface area contributed by atoms with Crippen LogP contribution in [0.15, 0.2) is 23.2 Å². The minimum absolute atomic E-state index is 0.246. The van der Waals surface area contributed by atoms with Gasteiger partial charge < -0.3 is 0 Å². The second-order valence-electron chi connectivity index (χ2n) is 4.40. The third kappa shape index (κ3) is 1.79. The average Bonchev–Trinajstić information content (AvgIpc) is 2.67. The van der Waals surface area contributed by atoms with Gasteiger partial charge in [-0.3, -0.25) is 0 Å². The predicted octanol–water partition coefficient (Wildman–Crippen LogP) is 3.24. The van der Waals surface area contributed by atoms with E-state index in [-0.39, 0.29) is 5.82 Å². The van der Waals surface area contributed by atoms with Crippen molar-refractivity contribution >= 4 is 6.08 Å². The van der Waals surface area contributed by atoms with Crippen molar-refractivity contribution in [3.63, 3.8) is 0 Å². The summed E-state index contributed by atoms with van der Waals surface area (Å²) >= 11 is 0. The van der Waals surface area contributed by atoms with E-state index in [0.717, 1.165) is 36.8 Å². The van der Waals surface area contributed by atoms with Gasteiger partial charge in [0.05, 0.1) is 5.54 Å². The summed E-state index contributed by atoms with van der Waals surface area (Å²) < 4.78 is 13.0. The first-order chi connectivity index (χ1) is 7.68. The molecule has 0 aromatic heterocycles. The molecule has 84 valence electrons. The van der Waals surface area contributed by atoms with Gasteiger partial charge in [0.15, 0.2) is 0 Å². The van der Waals surface area contributed by atoms with Crippen LogP contribution in [0.2, 0.25) is 0 Å². The third-order valence-electron chi connectivity index (χ3n) is 3.38. The van der Waals surface area contributed by atoms with E-state index in [1.807, 2.05) is 6.92 Å². The Labute approximate surface area is 94.2 Å². The summed E-state index contributed by atoms with van der Waals surface area (Å²) in [6, 6.07) is 4.68. The Morgan fingerprint density at radius 2 is 2.06 bits per heavy atom. The molecule has 0 N–H and O–H groups in total. The van der Waals surface area contributed by atoms with Crippen molar-refractivity contribution in [1.29, 1.82) is 0 Å². The van der Waals surface area contributed by atoms with Crippen molar-refractivity contribution < 1.29 is 9.18 Å². The molecule has 1 aromatic rings. The van der Waals surface area contributed by atoms with Crippen molar-refractivity contribution in [2.75, 3.05) is 0 Å². The maximum atomic E-state index is 13.0. The minimum atomic E-state index is -0.445. The molecule has 0 heterocycles. The molecule has 1 aromatic carbocycles. The molecule has 0 spiro atoms. The average molecular weight is 219 g/mol. The standard InChI is InChI=1S/C13H14FNO/c1-10-8-11(14)4-5-12(10)13(15-9-16)6-2-3-7-13/h4-5,8H,2-3,6-7H2,1H3. The van der Waals surface area contributed by atoms with E-state index in [1.54, 1.807) is 12.1 Å². The zero-order valence-electron chi connectivity index (χ0n) is 9.29. The van der Waals surface area contributed by atoms with Crippen molar-refractivity contribution in [3.8, 4) is 0 Å². The normalized spacial score (nSPS) is 18.1. The highest BCUT2D eigenvalue weighted by Crippen LogP contribution is 2.43. The molecule has 0 radical (unpaired) electrons. The van der Waals surface area contributed by atoms with Gasteiger partial charge in [-0.05, 0) is 43.0 Å². The summed E-state index contributed by atoms with van der Waals surface area (Å²) in [5, 5.41) is 0. The lowest BCUT2D eigenvalue weighted by molar-refractivity contribution is 0.452. The lowest BCUT2D eigenvalue weighted by Crippen LogP contribution is -2.20. The van der Waals surface area contributed by atoms with Crippen LogP contribution >= 0.6 is 0 Å². The molecular weight excluding hydrogens is 205 g/mol. The van der Waals surface area contributed by atoms with Crippen LogP contribution in [0.25, 0.3) is 0 Å². The van der Waals surface area contributed by atoms with Gasteiger partial charge in [0.1, 0.15) is 5.82 Å². The zero-order chi connectivity index (χ0) is 11.6. The Hall–Kier alpha value is -1.47. The van der Waals surface area contributed by atoms with Crippen LogP contribution < -0.4 is 0 Å². The van der Waals surface area contributed by atoms with Crippen LogP contribution in [0.1, 0.15) is 36.8 Å². The van der Waals surface area contributed by atoms with E-state index in [9.17, 15) is 9.18 Å². The van der Waals surface area contributed by atoms with Crippen LogP contribution in [0.5, 0.6) is 0 Å². The molecule has 0 bridgehead atoms. The van der Waals surface area contributed by atoms with Crippen LogP contribution in [-0.2, 0) is 10.3 Å². The maximum Gasteiger partial charge on any atom is 0.235 e. The molecule has 2 nitrogen and oxygen atoms in total. The lowest BCUT2D eigenvalue weighted by atomic mass is 9.86. The quantitative estimate of drug-likeness (QED) is 0.554. The largest absolute Gasteiger partial charge is 0.235 e. The first-order valence-electron chi connectivity index (χ1n) is 5.54. The molecule has 2 rings (SSSR count). The monoisotopic (exact) mass is 219 g/mol. The number of isocyanates is 1. The van der Waals surface area contributed by atoms with Crippen molar-refractivity contribution in [2.45, 2.75) is 38.1 Å². The van der Waals surface area contributed by atoms with Gasteiger partial charge in [-0.1, -0.05) is 18.9 Å². The van der Waals surface area contributed by atoms with E-state index in [0.29, 0.717) is 0 Å². The smallest absolute Gasteiger partial charge is 0.211 e. The number of aliphatic imine (C=N–C) groups is 1. The Morgan fingerprint density at radius 3 is 2.62 bits per heavy atom. The molecule has 16 heavy (non-hydrogen) atoms. The van der Waals surface area contributed by atoms with Crippen LogP contribution in [0.3, 0.4) is 0 Å². The van der Waals surface area contributed by atoms with Gasteiger partial charge >= 0.3 is 0 Å². The number of benzene rings is 1. The maximum absolute atomic E-state index is 13.0. The highest BCUT2D eigenvalue weighted by molar-refractivity contribution is 5.41. The third-order valence-corrected chi connectivity index (χ3v) is 3.38. The summed E-state index contributed by atoms with van der Waals surface area (Å²) in [6.45, 7) is 1.86. The van der Waals surface area contributed by atoms with E-state index in [1.165, 1.54) is 12.1 Å². The van der Waals surface area contributed by atoms with Crippen LogP contribution in [0, 0.1) is 12.7 Å². The van der Waals surface area contributed by atoms with Crippen LogP contribution in [-0.4, -0.2) is 6.08 Å². The molecule has 0 amide bonds. The summed E-state index contributed by atoms with van der Waals surface area (Å²) in [4.78, 5) is 14.5. The van der Waals surface area contributed by atoms with Gasteiger partial charge in [-0.2, -0.15) is 4.99 Å². The van der Waals surface area contributed by atoms with E-state index in [2.05, 4.69) is 4.99 Å². The Morgan fingerprint density at radius 1 is 1.38 bits per heavy atom. The molecule has 0 aliphatic heterocycles. The van der Waals surface area contributed by atoms with E-state index >= 15 is 0 Å². The highest BCUT2D eigenvalue weighted by Gasteiger charge is 2.36. The number of hydrogen-bond acceptors (Lipinski definition) is 2. The first kappa shape index (κ1) is 11.0. The fourth-order valence-corrected chi connectivity index (χ4v) is 2.64. The number of carbonyl (C=O) groups excluding carboxylic acids is 1. The highest BCUT2D eigenvalue weighted by atomic mass is 19.1. The van der Waals surface area contributed by atoms with Crippen molar-refractivity contribution in [1.82, 2.24) is 0 Å². The van der Waals surface area contributed by atoms with Crippen molar-refractivity contribution in [2.24, 2.45) is 4.99 Å². The molecule has 0 atom stereocenters. The van der Waals surface area contributed by atoms with E-state index in [4.69, 9.17) is 0 Å². The van der Waals surface area contributed by atoms with Gasteiger partial charge in [-0.25, -0.2) is 9.18 Å². The Kier molecular flexibility index (Phi) is 2.88. The fraction of sp³-hybridized carbons (Fsp3) is 0.462. The second-order valence-corrected chi connectivity index (χ2v) is 4.40. The lowest BCUT2D eigenvalue weighted by Gasteiger charge is -2.24. The fourth-order valence-electron chi connectivity index (χ4n) is 2.64. The SMILES string of the molecule is Cc1cc(F)ccc1C1(N=C=O)CCCC1. The summed E-state index contributed by atoms with van der Waals surface area (Å²) in [6.07, 6.45) is 5.50. The number of hydrogen-bond donors (Lipinski definition) is 0. The topological polar surface area (TPSA) is 29.4 Å². The number of aryl methyl sites for hydroxylation is 1. The minimum Gasteiger partial charge on any atom is -0.211 e. The van der Waals surface area contributed by atoms with Crippen LogP contribution in [0.4, 0.5) is 4.39 Å². The molecule has 1 fully saturated rings. The zero-order valence-corrected chi connectivity index (χ0v) is 9.29. The molecule has 3 heteroatoms. The van der Waals surface area contributed by atoms with Gasteiger partial charge in [-0.15, -0.1) is 0 Å². The van der Waals surface area contributed by atoms with Gasteiger partial charge in [0, 0.05) is 0 Å². The molecule has 0 unspecified atom stereocenters.